The van der Waals surface area contributed by atoms with Crippen molar-refractivity contribution in [1.82, 2.24) is 14.4 Å². The van der Waals surface area contributed by atoms with Crippen molar-refractivity contribution in [2.75, 3.05) is 39.8 Å². The molecule has 3 heterocycles. The summed E-state index contributed by atoms with van der Waals surface area (Å²) < 4.78 is 14.1. The molecule has 0 radical (unpaired) electrons. The van der Waals surface area contributed by atoms with Crippen LogP contribution in [0, 0.1) is 0 Å². The monoisotopic (exact) mass is 357 g/mol. The first-order valence-electron chi connectivity index (χ1n) is 9.39. The van der Waals surface area contributed by atoms with Gasteiger partial charge in [-0.1, -0.05) is 6.07 Å². The van der Waals surface area contributed by atoms with Gasteiger partial charge in [-0.2, -0.15) is 0 Å². The van der Waals surface area contributed by atoms with Gasteiger partial charge in [-0.3, -0.25) is 4.79 Å². The van der Waals surface area contributed by atoms with Crippen molar-refractivity contribution < 1.29 is 14.3 Å². The van der Waals surface area contributed by atoms with Gasteiger partial charge in [0.2, 0.25) is 5.91 Å². The quantitative estimate of drug-likeness (QED) is 0.838. The van der Waals surface area contributed by atoms with Crippen LogP contribution in [0.25, 0.3) is 10.9 Å². The maximum absolute atomic E-state index is 11.5. The molecule has 140 valence electrons. The zero-order chi connectivity index (χ0) is 18.1. The van der Waals surface area contributed by atoms with Crippen LogP contribution in [0.3, 0.4) is 0 Å². The maximum atomic E-state index is 11.5. The minimum Gasteiger partial charge on any atom is -0.490 e. The Hall–Kier alpha value is -2.05. The van der Waals surface area contributed by atoms with Gasteiger partial charge < -0.3 is 23.8 Å². The van der Waals surface area contributed by atoms with Gasteiger partial charge in [0.25, 0.3) is 0 Å². The number of piperidine rings is 1. The lowest BCUT2D eigenvalue weighted by Gasteiger charge is -2.37. The summed E-state index contributed by atoms with van der Waals surface area (Å²) in [5, 5.41) is 1.18. The molecule has 1 aromatic carbocycles. The molecule has 2 aliphatic rings. The minimum atomic E-state index is 0.0726. The smallest absolute Gasteiger partial charge is 0.248 e. The van der Waals surface area contributed by atoms with Crippen LogP contribution in [0.4, 0.5) is 0 Å². The standard InChI is InChI=1S/C20H27N3O3/c1-21-9-8-17-18(21)4-3-5-19(17)26-15-6-10-23(11-7-15)13-16-12-22(2)20(24)14-25-16/h3-5,8-9,15-16H,6-7,10-14H2,1-2H3. The van der Waals surface area contributed by atoms with Gasteiger partial charge in [-0.15, -0.1) is 0 Å². The maximum Gasteiger partial charge on any atom is 0.248 e. The number of nitrogens with zero attached hydrogens (tertiary/aromatic N) is 3. The van der Waals surface area contributed by atoms with E-state index in [4.69, 9.17) is 9.47 Å². The van der Waals surface area contributed by atoms with E-state index in [1.54, 1.807) is 4.90 Å². The second-order valence-corrected chi connectivity index (χ2v) is 7.44. The summed E-state index contributed by atoms with van der Waals surface area (Å²) in [6.07, 6.45) is 4.49. The minimum absolute atomic E-state index is 0.0726. The van der Waals surface area contributed by atoms with Gasteiger partial charge in [-0.25, -0.2) is 0 Å². The molecule has 1 atom stereocenters. The van der Waals surface area contributed by atoms with Crippen molar-refractivity contribution in [2.24, 2.45) is 7.05 Å². The summed E-state index contributed by atoms with van der Waals surface area (Å²) in [7, 11) is 3.91. The van der Waals surface area contributed by atoms with Gasteiger partial charge in [-0.05, 0) is 31.0 Å². The number of aromatic nitrogens is 1. The molecule has 0 aliphatic carbocycles. The number of rotatable bonds is 4. The van der Waals surface area contributed by atoms with E-state index in [-0.39, 0.29) is 24.7 Å². The van der Waals surface area contributed by atoms with Crippen molar-refractivity contribution >= 4 is 16.8 Å². The number of morpholine rings is 1. The second kappa shape index (κ2) is 7.29. The first-order valence-corrected chi connectivity index (χ1v) is 9.39. The highest BCUT2D eigenvalue weighted by Gasteiger charge is 2.28. The van der Waals surface area contributed by atoms with Crippen molar-refractivity contribution in [2.45, 2.75) is 25.0 Å². The number of benzene rings is 1. The van der Waals surface area contributed by atoms with Crippen LogP contribution in [0.5, 0.6) is 5.75 Å². The Kier molecular flexibility index (Phi) is 4.87. The molecule has 0 saturated carbocycles. The highest BCUT2D eigenvalue weighted by Crippen LogP contribution is 2.28. The lowest BCUT2D eigenvalue weighted by Crippen LogP contribution is -2.50. The zero-order valence-electron chi connectivity index (χ0n) is 15.6. The Morgan fingerprint density at radius 3 is 2.77 bits per heavy atom. The molecular formula is C20H27N3O3. The summed E-state index contributed by atoms with van der Waals surface area (Å²) in [6.45, 7) is 3.80. The molecule has 0 bridgehead atoms. The van der Waals surface area contributed by atoms with Gasteiger partial charge >= 0.3 is 0 Å². The Bertz CT molecular complexity index is 780. The van der Waals surface area contributed by atoms with E-state index in [0.717, 1.165) is 38.2 Å². The Morgan fingerprint density at radius 1 is 1.19 bits per heavy atom. The summed E-state index contributed by atoms with van der Waals surface area (Å²) in [4.78, 5) is 15.7. The lowest BCUT2D eigenvalue weighted by molar-refractivity contribution is -0.148. The first kappa shape index (κ1) is 17.4. The number of hydrogen-bond donors (Lipinski definition) is 0. The zero-order valence-corrected chi connectivity index (χ0v) is 15.6. The van der Waals surface area contributed by atoms with E-state index >= 15 is 0 Å². The summed E-state index contributed by atoms with van der Waals surface area (Å²) >= 11 is 0. The fraction of sp³-hybridized carbons (Fsp3) is 0.550. The number of fused-ring (bicyclic) bond motifs is 1. The molecule has 0 N–H and O–H groups in total. The number of carbonyl (C=O) groups excluding carboxylic acids is 1. The van der Waals surface area contributed by atoms with Crippen LogP contribution < -0.4 is 4.74 Å². The molecule has 4 rings (SSSR count). The molecule has 0 spiro atoms. The number of ether oxygens (including phenoxy) is 2. The number of aryl methyl sites for hydroxylation is 1. The summed E-state index contributed by atoms with van der Waals surface area (Å²) in [6, 6.07) is 8.37. The van der Waals surface area contributed by atoms with Crippen molar-refractivity contribution in [3.05, 3.63) is 30.5 Å². The van der Waals surface area contributed by atoms with E-state index in [1.165, 1.54) is 10.9 Å². The average Bonchev–Trinajstić information content (AvgIpc) is 3.02. The summed E-state index contributed by atoms with van der Waals surface area (Å²) in [5.41, 5.74) is 1.20. The van der Waals surface area contributed by atoms with Crippen molar-refractivity contribution in [3.63, 3.8) is 0 Å². The molecule has 1 aromatic heterocycles. The SMILES string of the molecule is CN1CC(CN2CCC(Oc3cccc4c3ccn4C)CC2)OCC1=O. The van der Waals surface area contributed by atoms with E-state index in [2.05, 4.69) is 47.0 Å². The van der Waals surface area contributed by atoms with Crippen LogP contribution in [0.15, 0.2) is 30.5 Å². The predicted molar refractivity (Wildman–Crippen MR) is 100 cm³/mol. The summed E-state index contributed by atoms with van der Waals surface area (Å²) in [5.74, 6) is 1.06. The number of likely N-dealkylation sites (N-methyl/N-ethyl adjacent to an activating group) is 1. The number of carbonyl (C=O) groups is 1. The molecule has 1 unspecified atom stereocenters. The molecule has 6 nitrogen and oxygen atoms in total. The number of likely N-dealkylation sites (tertiary alicyclic amines) is 1. The third-order valence-corrected chi connectivity index (χ3v) is 5.52. The topological polar surface area (TPSA) is 46.9 Å². The third kappa shape index (κ3) is 3.57. The largest absolute Gasteiger partial charge is 0.490 e. The third-order valence-electron chi connectivity index (χ3n) is 5.52. The Balaban J connectivity index is 1.30. The van der Waals surface area contributed by atoms with Crippen molar-refractivity contribution in [3.8, 4) is 5.75 Å². The van der Waals surface area contributed by atoms with Crippen LogP contribution in [0.2, 0.25) is 0 Å². The molecule has 2 saturated heterocycles. The van der Waals surface area contributed by atoms with Crippen LogP contribution in [-0.4, -0.2) is 72.3 Å². The molecule has 1 amide bonds. The molecule has 6 heteroatoms. The molecule has 2 aromatic rings. The van der Waals surface area contributed by atoms with E-state index in [0.29, 0.717) is 6.54 Å². The molecule has 2 aliphatic heterocycles. The van der Waals surface area contributed by atoms with E-state index < -0.39 is 0 Å². The number of amides is 1. The van der Waals surface area contributed by atoms with Crippen molar-refractivity contribution in [1.29, 1.82) is 0 Å². The molecule has 26 heavy (non-hydrogen) atoms. The van der Waals surface area contributed by atoms with Crippen LogP contribution in [0.1, 0.15) is 12.8 Å². The molecule has 2 fully saturated rings. The fourth-order valence-electron chi connectivity index (χ4n) is 3.92. The second-order valence-electron chi connectivity index (χ2n) is 7.44. The van der Waals surface area contributed by atoms with E-state index in [9.17, 15) is 4.79 Å². The van der Waals surface area contributed by atoms with Gasteiger partial charge in [0.05, 0.1) is 11.6 Å². The Morgan fingerprint density at radius 2 is 2.00 bits per heavy atom. The van der Waals surface area contributed by atoms with E-state index in [1.807, 2.05) is 7.05 Å². The Labute approximate surface area is 154 Å². The highest BCUT2D eigenvalue weighted by atomic mass is 16.5. The van der Waals surface area contributed by atoms with Crippen LogP contribution in [-0.2, 0) is 16.6 Å². The predicted octanol–water partition coefficient (Wildman–Crippen LogP) is 1.88. The lowest BCUT2D eigenvalue weighted by atomic mass is 10.1. The highest BCUT2D eigenvalue weighted by molar-refractivity contribution is 5.86. The van der Waals surface area contributed by atoms with Gasteiger partial charge in [0, 0.05) is 51.9 Å². The van der Waals surface area contributed by atoms with Gasteiger partial charge in [0.15, 0.2) is 0 Å². The first-order chi connectivity index (χ1) is 12.6. The van der Waals surface area contributed by atoms with Crippen LogP contribution >= 0.6 is 0 Å². The fourth-order valence-corrected chi connectivity index (χ4v) is 3.92. The average molecular weight is 357 g/mol. The van der Waals surface area contributed by atoms with Gasteiger partial charge in [0.1, 0.15) is 18.5 Å². The molecular weight excluding hydrogens is 330 g/mol. The normalized spacial score (nSPS) is 22.9. The number of hydrogen-bond acceptors (Lipinski definition) is 4.